The Hall–Kier alpha value is -2.80. The Labute approximate surface area is 188 Å². The lowest BCUT2D eigenvalue weighted by atomic mass is 10.2. The maximum Gasteiger partial charge on any atom is 0.234 e. The Balaban J connectivity index is 1.44. The van der Waals surface area contributed by atoms with Gasteiger partial charge in [0.15, 0.2) is 5.82 Å². The molecule has 31 heavy (non-hydrogen) atoms. The average Bonchev–Trinajstić information content (AvgIpc) is 3.34. The van der Waals surface area contributed by atoms with Crippen molar-refractivity contribution in [1.29, 1.82) is 0 Å². The van der Waals surface area contributed by atoms with Crippen LogP contribution in [-0.2, 0) is 4.79 Å². The lowest BCUT2D eigenvalue weighted by Gasteiger charge is -2.21. The van der Waals surface area contributed by atoms with Gasteiger partial charge < -0.3 is 15.1 Å². The minimum atomic E-state index is -0.0390. The molecule has 162 valence electrons. The summed E-state index contributed by atoms with van der Waals surface area (Å²) in [5.41, 5.74) is 3.73. The van der Waals surface area contributed by atoms with Gasteiger partial charge in [-0.1, -0.05) is 23.9 Å². The third-order valence-corrected chi connectivity index (χ3v) is 6.50. The van der Waals surface area contributed by atoms with Gasteiger partial charge in [0, 0.05) is 37.6 Å². The van der Waals surface area contributed by atoms with Crippen LogP contribution in [0.4, 0.5) is 17.2 Å². The van der Waals surface area contributed by atoms with Crippen molar-refractivity contribution in [2.24, 2.45) is 0 Å². The standard InChI is InChI=1S/C24H29N5OS/c1-3-28(4-2)19-13-11-18(12-14-19)25-22(30)17-31-24-23(29-15-7-8-16-29)26-20-9-5-6-10-21(20)27-24/h5-6,9-14H,3-4,7-8,15-17H2,1-2H3,(H,25,30). The number of carbonyl (C=O) groups excluding carboxylic acids is 1. The predicted molar refractivity (Wildman–Crippen MR) is 130 cm³/mol. The summed E-state index contributed by atoms with van der Waals surface area (Å²) in [6, 6.07) is 15.9. The second kappa shape index (κ2) is 10.0. The normalized spacial score (nSPS) is 13.5. The molecule has 0 radical (unpaired) electrons. The Kier molecular flexibility index (Phi) is 6.92. The second-order valence-corrected chi connectivity index (χ2v) is 8.56. The largest absolute Gasteiger partial charge is 0.372 e. The molecule has 4 rings (SSSR count). The summed E-state index contributed by atoms with van der Waals surface area (Å²) in [6.07, 6.45) is 2.34. The van der Waals surface area contributed by atoms with Crippen molar-refractivity contribution in [3.8, 4) is 0 Å². The first kappa shape index (κ1) is 21.4. The molecule has 0 saturated carbocycles. The number of benzene rings is 2. The van der Waals surface area contributed by atoms with Gasteiger partial charge in [0.05, 0.1) is 16.8 Å². The molecule has 2 heterocycles. The van der Waals surface area contributed by atoms with E-state index in [0.29, 0.717) is 5.75 Å². The van der Waals surface area contributed by atoms with Gasteiger partial charge in [-0.15, -0.1) is 0 Å². The topological polar surface area (TPSA) is 61.4 Å². The average molecular weight is 436 g/mol. The number of rotatable bonds is 8. The van der Waals surface area contributed by atoms with E-state index >= 15 is 0 Å². The summed E-state index contributed by atoms with van der Waals surface area (Å²) in [4.78, 5) is 26.9. The highest BCUT2D eigenvalue weighted by Crippen LogP contribution is 2.31. The molecule has 1 aliphatic heterocycles. The van der Waals surface area contributed by atoms with E-state index in [4.69, 9.17) is 9.97 Å². The molecule has 0 unspecified atom stereocenters. The minimum Gasteiger partial charge on any atom is -0.372 e. The highest BCUT2D eigenvalue weighted by atomic mass is 32.2. The Morgan fingerprint density at radius 3 is 2.29 bits per heavy atom. The number of anilines is 3. The van der Waals surface area contributed by atoms with Crippen molar-refractivity contribution >= 4 is 45.9 Å². The molecular weight excluding hydrogens is 406 g/mol. The second-order valence-electron chi connectivity index (χ2n) is 7.59. The molecular formula is C24H29N5OS. The lowest BCUT2D eigenvalue weighted by molar-refractivity contribution is -0.113. The molecule has 0 spiro atoms. The predicted octanol–water partition coefficient (Wildman–Crippen LogP) is 4.81. The Morgan fingerprint density at radius 2 is 1.65 bits per heavy atom. The van der Waals surface area contributed by atoms with Crippen molar-refractivity contribution in [1.82, 2.24) is 9.97 Å². The van der Waals surface area contributed by atoms with Crippen LogP contribution >= 0.6 is 11.8 Å². The molecule has 3 aromatic rings. The zero-order valence-corrected chi connectivity index (χ0v) is 19.0. The van der Waals surface area contributed by atoms with Crippen LogP contribution in [0.25, 0.3) is 11.0 Å². The summed E-state index contributed by atoms with van der Waals surface area (Å²) in [5, 5.41) is 3.83. The number of thioether (sulfide) groups is 1. The van der Waals surface area contributed by atoms with Crippen LogP contribution in [0.3, 0.4) is 0 Å². The van der Waals surface area contributed by atoms with Crippen LogP contribution in [0.15, 0.2) is 53.6 Å². The number of nitrogens with one attached hydrogen (secondary N) is 1. The Bertz CT molecular complexity index is 1030. The minimum absolute atomic E-state index is 0.0390. The van der Waals surface area contributed by atoms with E-state index in [-0.39, 0.29) is 5.91 Å². The van der Waals surface area contributed by atoms with Gasteiger partial charge in [-0.25, -0.2) is 9.97 Å². The number of amides is 1. The smallest absolute Gasteiger partial charge is 0.234 e. The van der Waals surface area contributed by atoms with E-state index in [0.717, 1.165) is 53.7 Å². The highest BCUT2D eigenvalue weighted by Gasteiger charge is 2.20. The molecule has 0 bridgehead atoms. The van der Waals surface area contributed by atoms with Crippen molar-refractivity contribution in [3.05, 3.63) is 48.5 Å². The third kappa shape index (κ3) is 5.10. The zero-order chi connectivity index (χ0) is 21.6. The molecule has 1 N–H and O–H groups in total. The summed E-state index contributed by atoms with van der Waals surface area (Å²) >= 11 is 1.46. The number of hydrogen-bond donors (Lipinski definition) is 1. The summed E-state index contributed by atoms with van der Waals surface area (Å²) in [5.74, 6) is 1.16. The van der Waals surface area contributed by atoms with E-state index < -0.39 is 0 Å². The van der Waals surface area contributed by atoms with Crippen LogP contribution in [-0.4, -0.2) is 47.8 Å². The SMILES string of the molecule is CCN(CC)c1ccc(NC(=O)CSc2nc3ccccc3nc2N2CCCC2)cc1. The fraction of sp³-hybridized carbons (Fsp3) is 0.375. The quantitative estimate of drug-likeness (QED) is 0.513. The maximum atomic E-state index is 12.6. The fourth-order valence-corrected chi connectivity index (χ4v) is 4.69. The first-order valence-corrected chi connectivity index (χ1v) is 12.0. The highest BCUT2D eigenvalue weighted by molar-refractivity contribution is 8.00. The number of para-hydroxylation sites is 2. The summed E-state index contributed by atoms with van der Waals surface area (Å²) < 4.78 is 0. The van der Waals surface area contributed by atoms with E-state index in [2.05, 4.69) is 41.1 Å². The van der Waals surface area contributed by atoms with Crippen LogP contribution in [0, 0.1) is 0 Å². The van der Waals surface area contributed by atoms with E-state index in [9.17, 15) is 4.79 Å². The van der Waals surface area contributed by atoms with Crippen molar-refractivity contribution in [2.45, 2.75) is 31.7 Å². The number of fused-ring (bicyclic) bond motifs is 1. The van der Waals surface area contributed by atoms with Gasteiger partial charge in [0.2, 0.25) is 5.91 Å². The first-order valence-electron chi connectivity index (χ1n) is 11.0. The zero-order valence-electron chi connectivity index (χ0n) is 18.2. The molecule has 6 nitrogen and oxygen atoms in total. The molecule has 0 aliphatic carbocycles. The van der Waals surface area contributed by atoms with Crippen LogP contribution in [0.1, 0.15) is 26.7 Å². The van der Waals surface area contributed by atoms with Crippen LogP contribution in [0.2, 0.25) is 0 Å². The van der Waals surface area contributed by atoms with Gasteiger partial charge in [0.25, 0.3) is 0 Å². The third-order valence-electron chi connectivity index (χ3n) is 5.55. The first-order chi connectivity index (χ1) is 15.2. The molecule has 7 heteroatoms. The van der Waals surface area contributed by atoms with E-state index in [1.54, 1.807) is 0 Å². The van der Waals surface area contributed by atoms with Gasteiger partial charge in [-0.05, 0) is 63.1 Å². The van der Waals surface area contributed by atoms with Gasteiger partial charge >= 0.3 is 0 Å². The fourth-order valence-electron chi connectivity index (χ4n) is 3.88. The van der Waals surface area contributed by atoms with Crippen molar-refractivity contribution < 1.29 is 4.79 Å². The molecule has 2 aromatic carbocycles. The van der Waals surface area contributed by atoms with Gasteiger partial charge in [-0.2, -0.15) is 0 Å². The molecule has 0 atom stereocenters. The lowest BCUT2D eigenvalue weighted by Crippen LogP contribution is -2.22. The van der Waals surface area contributed by atoms with Gasteiger partial charge in [-0.3, -0.25) is 4.79 Å². The number of aromatic nitrogens is 2. The Morgan fingerprint density at radius 1 is 1.00 bits per heavy atom. The van der Waals surface area contributed by atoms with Crippen LogP contribution in [0.5, 0.6) is 0 Å². The van der Waals surface area contributed by atoms with Crippen molar-refractivity contribution in [2.75, 3.05) is 47.0 Å². The van der Waals surface area contributed by atoms with Crippen LogP contribution < -0.4 is 15.1 Å². The monoisotopic (exact) mass is 435 g/mol. The summed E-state index contributed by atoms with van der Waals surface area (Å²) in [6.45, 7) is 8.19. The number of hydrogen-bond acceptors (Lipinski definition) is 6. The van der Waals surface area contributed by atoms with Crippen molar-refractivity contribution in [3.63, 3.8) is 0 Å². The molecule has 1 amide bonds. The van der Waals surface area contributed by atoms with E-state index in [1.165, 1.54) is 30.3 Å². The molecule has 1 fully saturated rings. The van der Waals surface area contributed by atoms with Gasteiger partial charge in [0.1, 0.15) is 5.03 Å². The maximum absolute atomic E-state index is 12.6. The number of carbonyl (C=O) groups is 1. The summed E-state index contributed by atoms with van der Waals surface area (Å²) in [7, 11) is 0. The number of nitrogens with zero attached hydrogens (tertiary/aromatic N) is 4. The van der Waals surface area contributed by atoms with E-state index in [1.807, 2.05) is 36.4 Å². The molecule has 1 aliphatic rings. The molecule has 1 aromatic heterocycles. The molecule has 1 saturated heterocycles.